The zero-order chi connectivity index (χ0) is 18.1. The minimum atomic E-state index is -5.54. The first-order valence-corrected chi connectivity index (χ1v) is 5.10. The molecule has 0 aliphatic heterocycles. The van der Waals surface area contributed by atoms with Crippen molar-refractivity contribution < 1.29 is 58.5 Å². The van der Waals surface area contributed by atoms with Gasteiger partial charge in [0.05, 0.1) is 5.56 Å². The van der Waals surface area contributed by atoms with E-state index in [9.17, 15) is 44.3 Å². The molecule has 1 rings (SSSR count). The van der Waals surface area contributed by atoms with Crippen LogP contribution >= 0.6 is 0 Å². The monoisotopic (exact) mass is 358 g/mol. The zero-order valence-electron chi connectivity index (χ0n) is 10.3. The molecule has 0 N–H and O–H groups in total. The summed E-state index contributed by atoms with van der Waals surface area (Å²) < 4.78 is 118. The molecule has 0 saturated carbocycles. The summed E-state index contributed by atoms with van der Waals surface area (Å²) in [6.07, 6.45) is -16.8. The predicted molar refractivity (Wildman–Crippen MR) is 51.9 cm³/mol. The number of hydrogen-bond donors (Lipinski definition) is 0. The van der Waals surface area contributed by atoms with Crippen LogP contribution in [0.2, 0.25) is 0 Å². The Kier molecular flexibility index (Phi) is 4.91. The van der Waals surface area contributed by atoms with Crippen molar-refractivity contribution in [1.29, 1.82) is 0 Å². The Balaban J connectivity index is 3.41. The fourth-order valence-electron chi connectivity index (χ4n) is 1.27. The second-order valence-corrected chi connectivity index (χ2v) is 3.60. The molecule has 0 unspecified atom stereocenters. The highest BCUT2D eigenvalue weighted by Crippen LogP contribution is 2.41. The van der Waals surface area contributed by atoms with Crippen LogP contribution in [0.5, 0.6) is 17.2 Å². The summed E-state index contributed by atoms with van der Waals surface area (Å²) in [6, 6.07) is -0.242. The van der Waals surface area contributed by atoms with E-state index in [1.807, 2.05) is 0 Å². The molecule has 13 heteroatoms. The number of carbonyl (C=O) groups is 1. The van der Waals surface area contributed by atoms with Gasteiger partial charge in [0.1, 0.15) is 5.75 Å². The Morgan fingerprint density at radius 3 is 1.35 bits per heavy atom. The molecule has 0 aliphatic rings. The number of hydrogen-bond acceptors (Lipinski definition) is 4. The summed E-state index contributed by atoms with van der Waals surface area (Å²) in [5, 5.41) is 0. The number of alkyl halides is 9. The van der Waals surface area contributed by atoms with E-state index in [2.05, 4.69) is 14.2 Å². The number of ether oxygens (including phenoxy) is 3. The third kappa shape index (κ3) is 6.52. The van der Waals surface area contributed by atoms with Crippen molar-refractivity contribution in [1.82, 2.24) is 0 Å². The maximum Gasteiger partial charge on any atom is 0.573 e. The maximum absolute atomic E-state index is 12.1. The lowest BCUT2D eigenvalue weighted by atomic mass is 10.2. The van der Waals surface area contributed by atoms with Crippen LogP contribution in [0.4, 0.5) is 39.5 Å². The molecule has 0 amide bonds. The first kappa shape index (κ1) is 18.7. The first-order valence-electron chi connectivity index (χ1n) is 5.10. The summed E-state index contributed by atoms with van der Waals surface area (Å²) in [6.45, 7) is 0. The summed E-state index contributed by atoms with van der Waals surface area (Å²) in [4.78, 5) is 10.6. The average Bonchev–Trinajstić information content (AvgIpc) is 2.26. The largest absolute Gasteiger partial charge is 0.573 e. The molecule has 0 fully saturated rings. The summed E-state index contributed by atoms with van der Waals surface area (Å²) in [5.74, 6) is -4.95. The number of carbonyl (C=O) groups excluding carboxylic acids is 1. The fraction of sp³-hybridized carbons (Fsp3) is 0.300. The highest BCUT2D eigenvalue weighted by molar-refractivity contribution is 5.81. The van der Waals surface area contributed by atoms with Crippen LogP contribution in [-0.4, -0.2) is 25.4 Å². The van der Waals surface area contributed by atoms with E-state index < -0.39 is 41.9 Å². The smallest absolute Gasteiger partial charge is 0.405 e. The Bertz CT molecular complexity index is 573. The lowest BCUT2D eigenvalue weighted by Crippen LogP contribution is -2.22. The van der Waals surface area contributed by atoms with Gasteiger partial charge in [0.25, 0.3) is 0 Å². The standard InChI is InChI=1S/C10H3F9O4/c11-8(12,13)21-5-2-7(23-10(17,18)19)6(1-4(5)3-20)22-9(14,15)16/h1-3H. The molecule has 0 heterocycles. The molecule has 1 aromatic rings. The molecule has 130 valence electrons. The third-order valence-corrected chi connectivity index (χ3v) is 1.88. The molecule has 0 atom stereocenters. The van der Waals surface area contributed by atoms with Crippen LogP contribution in [0.3, 0.4) is 0 Å². The number of aldehydes is 1. The van der Waals surface area contributed by atoms with Crippen molar-refractivity contribution in [2.45, 2.75) is 19.1 Å². The molecule has 1 aromatic carbocycles. The molecular weight excluding hydrogens is 355 g/mol. The Labute approximate surface area is 120 Å². The van der Waals surface area contributed by atoms with Crippen LogP contribution in [0, 0.1) is 0 Å². The lowest BCUT2D eigenvalue weighted by molar-refractivity contribution is -0.287. The minimum absolute atomic E-state index is 0.0391. The van der Waals surface area contributed by atoms with E-state index >= 15 is 0 Å². The van der Waals surface area contributed by atoms with Crippen molar-refractivity contribution in [3.8, 4) is 17.2 Å². The maximum atomic E-state index is 12.1. The van der Waals surface area contributed by atoms with Crippen molar-refractivity contribution in [3.63, 3.8) is 0 Å². The van der Waals surface area contributed by atoms with Crippen LogP contribution in [-0.2, 0) is 0 Å². The lowest BCUT2D eigenvalue weighted by Gasteiger charge is -2.18. The zero-order valence-corrected chi connectivity index (χ0v) is 10.3. The molecule has 0 spiro atoms. The van der Waals surface area contributed by atoms with E-state index in [1.54, 1.807) is 0 Å². The predicted octanol–water partition coefficient (Wildman–Crippen LogP) is 4.19. The third-order valence-electron chi connectivity index (χ3n) is 1.88. The van der Waals surface area contributed by atoms with Gasteiger partial charge in [-0.2, -0.15) is 0 Å². The van der Waals surface area contributed by atoms with Gasteiger partial charge in [-0.15, -0.1) is 39.5 Å². The Morgan fingerprint density at radius 2 is 1.00 bits per heavy atom. The van der Waals surface area contributed by atoms with Gasteiger partial charge in [0, 0.05) is 6.07 Å². The SMILES string of the molecule is O=Cc1cc(OC(F)(F)F)c(OC(F)(F)F)cc1OC(F)(F)F. The minimum Gasteiger partial charge on any atom is -0.405 e. The van der Waals surface area contributed by atoms with Crippen molar-refractivity contribution in [2.75, 3.05) is 0 Å². The van der Waals surface area contributed by atoms with Crippen LogP contribution < -0.4 is 14.2 Å². The van der Waals surface area contributed by atoms with Crippen LogP contribution in [0.15, 0.2) is 12.1 Å². The van der Waals surface area contributed by atoms with Crippen LogP contribution in [0.25, 0.3) is 0 Å². The second-order valence-electron chi connectivity index (χ2n) is 3.60. The molecule has 4 nitrogen and oxygen atoms in total. The molecule has 0 bridgehead atoms. The van der Waals surface area contributed by atoms with Gasteiger partial charge in [-0.3, -0.25) is 4.79 Å². The van der Waals surface area contributed by atoms with Crippen molar-refractivity contribution in [2.24, 2.45) is 0 Å². The fourth-order valence-corrected chi connectivity index (χ4v) is 1.27. The van der Waals surface area contributed by atoms with E-state index in [0.29, 0.717) is 0 Å². The highest BCUT2D eigenvalue weighted by atomic mass is 19.4. The van der Waals surface area contributed by atoms with Crippen LogP contribution in [0.1, 0.15) is 10.4 Å². The van der Waals surface area contributed by atoms with E-state index in [4.69, 9.17) is 0 Å². The highest BCUT2D eigenvalue weighted by Gasteiger charge is 2.38. The summed E-state index contributed by atoms with van der Waals surface area (Å²) in [7, 11) is 0. The topological polar surface area (TPSA) is 44.8 Å². The van der Waals surface area contributed by atoms with Gasteiger partial charge in [-0.05, 0) is 6.07 Å². The Morgan fingerprint density at radius 1 is 0.652 bits per heavy atom. The first-order chi connectivity index (χ1) is 10.2. The number of benzene rings is 1. The van der Waals surface area contributed by atoms with Gasteiger partial charge in [0.15, 0.2) is 17.8 Å². The summed E-state index contributed by atoms with van der Waals surface area (Å²) in [5.41, 5.74) is -1.14. The number of halogens is 9. The number of rotatable bonds is 4. The van der Waals surface area contributed by atoms with Gasteiger partial charge >= 0.3 is 19.1 Å². The molecule has 0 aromatic heterocycles. The normalized spacial score (nSPS) is 12.7. The second kappa shape index (κ2) is 6.04. The van der Waals surface area contributed by atoms with Crippen molar-refractivity contribution in [3.05, 3.63) is 17.7 Å². The average molecular weight is 358 g/mol. The van der Waals surface area contributed by atoms with Gasteiger partial charge < -0.3 is 14.2 Å². The quantitative estimate of drug-likeness (QED) is 0.598. The molecular formula is C10H3F9O4. The van der Waals surface area contributed by atoms with Gasteiger partial charge in [-0.25, -0.2) is 0 Å². The molecule has 23 heavy (non-hydrogen) atoms. The molecule has 0 radical (unpaired) electrons. The van der Waals surface area contributed by atoms with Gasteiger partial charge in [-0.1, -0.05) is 0 Å². The van der Waals surface area contributed by atoms with E-state index in [0.717, 1.165) is 0 Å². The molecule has 0 saturated heterocycles. The van der Waals surface area contributed by atoms with Gasteiger partial charge in [0.2, 0.25) is 0 Å². The van der Waals surface area contributed by atoms with Crippen molar-refractivity contribution >= 4 is 6.29 Å². The van der Waals surface area contributed by atoms with E-state index in [1.165, 1.54) is 0 Å². The molecule has 0 aliphatic carbocycles. The summed E-state index contributed by atoms with van der Waals surface area (Å²) >= 11 is 0. The van der Waals surface area contributed by atoms with E-state index in [-0.39, 0.29) is 18.4 Å². The Hall–Kier alpha value is -2.34.